The monoisotopic (exact) mass is 473 g/mol. The molecule has 0 saturated carbocycles. The van der Waals surface area contributed by atoms with Gasteiger partial charge >= 0.3 is 6.09 Å². The molecule has 9 heteroatoms. The molecule has 0 unspecified atom stereocenters. The molecule has 2 aromatic rings. The van der Waals surface area contributed by atoms with Crippen LogP contribution in [0.25, 0.3) is 0 Å². The number of carbonyl (C=O) groups is 2. The van der Waals surface area contributed by atoms with Gasteiger partial charge in [0.25, 0.3) is 0 Å². The molecule has 3 rings (SSSR count). The van der Waals surface area contributed by atoms with Crippen molar-refractivity contribution in [2.75, 3.05) is 26.4 Å². The lowest BCUT2D eigenvalue weighted by atomic mass is 10.0. The summed E-state index contributed by atoms with van der Waals surface area (Å²) in [5.74, 6) is -0.198. The van der Waals surface area contributed by atoms with Gasteiger partial charge in [-0.25, -0.2) is 17.5 Å². The van der Waals surface area contributed by atoms with E-state index in [-0.39, 0.29) is 18.6 Å². The first kappa shape index (κ1) is 24.7. The molecule has 178 valence electrons. The molecule has 1 aliphatic heterocycles. The number of benzene rings is 2. The van der Waals surface area contributed by atoms with Crippen LogP contribution in [-0.4, -0.2) is 68.1 Å². The van der Waals surface area contributed by atoms with E-state index in [9.17, 15) is 18.0 Å². The van der Waals surface area contributed by atoms with E-state index in [0.717, 1.165) is 11.1 Å². The maximum Gasteiger partial charge on any atom is 0.408 e. The fourth-order valence-electron chi connectivity index (χ4n) is 3.90. The number of sulfonamides is 1. The van der Waals surface area contributed by atoms with Gasteiger partial charge in [0.15, 0.2) is 0 Å². The van der Waals surface area contributed by atoms with Crippen molar-refractivity contribution in [2.45, 2.75) is 38.0 Å². The van der Waals surface area contributed by atoms with Gasteiger partial charge in [0.05, 0.1) is 6.26 Å². The predicted molar refractivity (Wildman–Crippen MR) is 126 cm³/mol. The lowest BCUT2D eigenvalue weighted by Crippen LogP contribution is -2.54. The number of amides is 2. The van der Waals surface area contributed by atoms with Crippen molar-refractivity contribution in [2.24, 2.45) is 0 Å². The molecule has 2 amide bonds. The summed E-state index contributed by atoms with van der Waals surface area (Å²) in [6.45, 7) is 0.965. The number of hydrogen-bond donors (Lipinski definition) is 1. The molecule has 0 radical (unpaired) electrons. The molecule has 0 aliphatic carbocycles. The summed E-state index contributed by atoms with van der Waals surface area (Å²) >= 11 is 0. The van der Waals surface area contributed by atoms with E-state index in [0.29, 0.717) is 32.4 Å². The lowest BCUT2D eigenvalue weighted by Gasteiger charge is -2.37. The standard InChI is InChI=1S/C24H31N3O5S/c1-26(33(2,30)31)21-13-15-27(16-14-21)23(28)22(17-19-9-5-3-6-10-19)25-24(29)32-18-20-11-7-4-8-12-20/h3-12,21-22H,13-18H2,1-2H3,(H,25,29)/t22-/m0/s1. The van der Waals surface area contributed by atoms with E-state index in [1.807, 2.05) is 60.7 Å². The first-order chi connectivity index (χ1) is 15.7. The Hall–Kier alpha value is -2.91. The maximum absolute atomic E-state index is 13.3. The van der Waals surface area contributed by atoms with Crippen LogP contribution in [0.2, 0.25) is 0 Å². The highest BCUT2D eigenvalue weighted by atomic mass is 32.2. The average Bonchev–Trinajstić information content (AvgIpc) is 2.82. The molecular weight excluding hydrogens is 442 g/mol. The summed E-state index contributed by atoms with van der Waals surface area (Å²) in [4.78, 5) is 27.5. The quantitative estimate of drug-likeness (QED) is 0.635. The summed E-state index contributed by atoms with van der Waals surface area (Å²) in [7, 11) is -1.72. The smallest absolute Gasteiger partial charge is 0.408 e. The highest BCUT2D eigenvalue weighted by molar-refractivity contribution is 7.88. The highest BCUT2D eigenvalue weighted by Crippen LogP contribution is 2.19. The Labute approximate surface area is 195 Å². The van der Waals surface area contributed by atoms with E-state index in [4.69, 9.17) is 4.74 Å². The van der Waals surface area contributed by atoms with Crippen LogP contribution in [0.4, 0.5) is 4.79 Å². The number of hydrogen-bond acceptors (Lipinski definition) is 5. The number of carbonyl (C=O) groups excluding carboxylic acids is 2. The molecule has 0 spiro atoms. The average molecular weight is 474 g/mol. The molecule has 33 heavy (non-hydrogen) atoms. The molecule has 1 saturated heterocycles. The Bertz CT molecular complexity index is 1020. The van der Waals surface area contributed by atoms with E-state index in [1.54, 1.807) is 11.9 Å². The summed E-state index contributed by atoms with van der Waals surface area (Å²) in [5.41, 5.74) is 1.78. The minimum atomic E-state index is -3.29. The third-order valence-electron chi connectivity index (χ3n) is 5.90. The Morgan fingerprint density at radius 2 is 1.58 bits per heavy atom. The topological polar surface area (TPSA) is 96.0 Å². The molecule has 1 fully saturated rings. The van der Waals surface area contributed by atoms with Crippen LogP contribution in [-0.2, 0) is 32.6 Å². The highest BCUT2D eigenvalue weighted by Gasteiger charge is 2.32. The Morgan fingerprint density at radius 1 is 1.03 bits per heavy atom. The predicted octanol–water partition coefficient (Wildman–Crippen LogP) is 2.41. The molecular formula is C24H31N3O5S. The lowest BCUT2D eigenvalue weighted by molar-refractivity contribution is -0.134. The maximum atomic E-state index is 13.3. The number of piperidine rings is 1. The van der Waals surface area contributed by atoms with Gasteiger partial charge in [-0.15, -0.1) is 0 Å². The van der Waals surface area contributed by atoms with Gasteiger partial charge in [-0.2, -0.15) is 0 Å². The summed E-state index contributed by atoms with van der Waals surface area (Å²) in [5, 5.41) is 2.73. The zero-order valence-electron chi connectivity index (χ0n) is 19.0. The van der Waals surface area contributed by atoms with Crippen LogP contribution in [0, 0.1) is 0 Å². The Morgan fingerprint density at radius 3 is 2.12 bits per heavy atom. The SMILES string of the molecule is CN(C1CCN(C(=O)[C@H](Cc2ccccc2)NC(=O)OCc2ccccc2)CC1)S(C)(=O)=O. The van der Waals surface area contributed by atoms with Crippen LogP contribution in [0.5, 0.6) is 0 Å². The van der Waals surface area contributed by atoms with Crippen molar-refractivity contribution in [3.63, 3.8) is 0 Å². The Kier molecular flexibility index (Phi) is 8.46. The third-order valence-corrected chi connectivity index (χ3v) is 7.24. The minimum Gasteiger partial charge on any atom is -0.445 e. The molecule has 8 nitrogen and oxygen atoms in total. The van der Waals surface area contributed by atoms with Gasteiger partial charge in [-0.05, 0) is 24.0 Å². The number of alkyl carbamates (subject to hydrolysis) is 1. The first-order valence-electron chi connectivity index (χ1n) is 11.0. The normalized spacial score (nSPS) is 15.8. The molecule has 1 aliphatic rings. The van der Waals surface area contributed by atoms with Gasteiger partial charge in [-0.3, -0.25) is 4.79 Å². The first-order valence-corrected chi connectivity index (χ1v) is 12.8. The zero-order chi connectivity index (χ0) is 23.8. The second-order valence-corrected chi connectivity index (χ2v) is 10.3. The van der Waals surface area contributed by atoms with Crippen molar-refractivity contribution in [3.05, 3.63) is 71.8 Å². The van der Waals surface area contributed by atoms with Gasteiger partial charge < -0.3 is 15.0 Å². The van der Waals surface area contributed by atoms with Gasteiger partial charge in [0, 0.05) is 32.6 Å². The van der Waals surface area contributed by atoms with Crippen molar-refractivity contribution >= 4 is 22.0 Å². The summed E-state index contributed by atoms with van der Waals surface area (Å²) in [6, 6.07) is 17.9. The van der Waals surface area contributed by atoms with Gasteiger partial charge in [-0.1, -0.05) is 60.7 Å². The van der Waals surface area contributed by atoms with Gasteiger partial charge in [0.2, 0.25) is 15.9 Å². The van der Waals surface area contributed by atoms with Gasteiger partial charge in [0.1, 0.15) is 12.6 Å². The Balaban J connectivity index is 1.63. The van der Waals surface area contributed by atoms with E-state index in [2.05, 4.69) is 5.32 Å². The second-order valence-electron chi connectivity index (χ2n) is 8.28. The fourth-order valence-corrected chi connectivity index (χ4v) is 4.65. The molecule has 1 heterocycles. The zero-order valence-corrected chi connectivity index (χ0v) is 19.8. The molecule has 0 aromatic heterocycles. The molecule has 0 bridgehead atoms. The van der Waals surface area contributed by atoms with Crippen LogP contribution in [0.15, 0.2) is 60.7 Å². The van der Waals surface area contributed by atoms with E-state index >= 15 is 0 Å². The van der Waals surface area contributed by atoms with Crippen LogP contribution >= 0.6 is 0 Å². The molecule has 1 atom stereocenters. The van der Waals surface area contributed by atoms with Crippen LogP contribution in [0.3, 0.4) is 0 Å². The van der Waals surface area contributed by atoms with Crippen molar-refractivity contribution in [3.8, 4) is 0 Å². The van der Waals surface area contributed by atoms with Crippen molar-refractivity contribution in [1.29, 1.82) is 0 Å². The fraction of sp³-hybridized carbons (Fsp3) is 0.417. The number of rotatable bonds is 8. The van der Waals surface area contributed by atoms with Crippen molar-refractivity contribution < 1.29 is 22.7 Å². The molecule has 1 N–H and O–H groups in total. The second kappa shape index (κ2) is 11.3. The van der Waals surface area contributed by atoms with E-state index < -0.39 is 22.2 Å². The van der Waals surface area contributed by atoms with Crippen LogP contribution < -0.4 is 5.32 Å². The number of nitrogens with one attached hydrogen (secondary N) is 1. The summed E-state index contributed by atoms with van der Waals surface area (Å²) < 4.78 is 30.3. The number of likely N-dealkylation sites (tertiary alicyclic amines) is 1. The largest absolute Gasteiger partial charge is 0.445 e. The summed E-state index contributed by atoms with van der Waals surface area (Å²) in [6.07, 6.45) is 1.96. The van der Waals surface area contributed by atoms with Crippen LogP contribution in [0.1, 0.15) is 24.0 Å². The van der Waals surface area contributed by atoms with E-state index in [1.165, 1.54) is 10.6 Å². The van der Waals surface area contributed by atoms with Crippen molar-refractivity contribution in [1.82, 2.24) is 14.5 Å². The molecule has 2 aromatic carbocycles. The third kappa shape index (κ3) is 7.30. The number of ether oxygens (including phenoxy) is 1. The number of nitrogens with zero attached hydrogens (tertiary/aromatic N) is 2. The minimum absolute atomic E-state index is 0.113.